The van der Waals surface area contributed by atoms with Crippen LogP contribution in [0.25, 0.3) is 32.7 Å². The predicted octanol–water partition coefficient (Wildman–Crippen LogP) is 5.24. The van der Waals surface area contributed by atoms with Crippen LogP contribution in [0.15, 0.2) is 78.9 Å². The quantitative estimate of drug-likeness (QED) is 0.371. The number of benzene rings is 4. The van der Waals surface area contributed by atoms with Crippen molar-refractivity contribution in [3.63, 3.8) is 0 Å². The first kappa shape index (κ1) is 12.0. The molecule has 4 aromatic carbocycles. The summed E-state index contributed by atoms with van der Waals surface area (Å²) < 4.78 is 0. The van der Waals surface area contributed by atoms with Crippen molar-refractivity contribution < 1.29 is 0 Å². The average Bonchev–Trinajstić information content (AvgIpc) is 2.55. The molecule has 1 heteroatoms. The molecule has 0 spiro atoms. The van der Waals surface area contributed by atoms with Crippen molar-refractivity contribution >= 4 is 27.2 Å². The van der Waals surface area contributed by atoms with Gasteiger partial charge in [0.2, 0.25) is 0 Å². The Hall–Kier alpha value is -2.80. The predicted molar refractivity (Wildman–Crippen MR) is 91.3 cm³/mol. The second kappa shape index (κ2) is 4.64. The molecule has 0 amide bonds. The van der Waals surface area contributed by atoms with E-state index in [9.17, 15) is 0 Å². The lowest BCUT2D eigenvalue weighted by molar-refractivity contribution is 1.65. The molecule has 4 aromatic rings. The zero-order valence-electron chi connectivity index (χ0n) is 11.6. The molecule has 0 heterocycles. The Labute approximate surface area is 123 Å². The van der Waals surface area contributed by atoms with Crippen LogP contribution in [0.5, 0.6) is 0 Å². The molecule has 21 heavy (non-hydrogen) atoms. The fourth-order valence-corrected chi connectivity index (χ4v) is 3.02. The fraction of sp³-hybridized carbons (Fsp3) is 0. The molecule has 0 unspecified atom stereocenters. The van der Waals surface area contributed by atoms with Gasteiger partial charge in [-0.2, -0.15) is 0 Å². The number of fused-ring (bicyclic) bond motifs is 3. The normalized spacial score (nSPS) is 11.0. The highest BCUT2D eigenvalue weighted by Gasteiger charge is 2.09. The summed E-state index contributed by atoms with van der Waals surface area (Å²) in [7, 11) is 0. The minimum Gasteiger partial charge on any atom is -0.398 e. The third kappa shape index (κ3) is 1.86. The van der Waals surface area contributed by atoms with Crippen molar-refractivity contribution in [1.82, 2.24) is 0 Å². The molecule has 100 valence electrons. The maximum atomic E-state index is 6.19. The van der Waals surface area contributed by atoms with Crippen LogP contribution in [0.4, 0.5) is 5.69 Å². The average molecular weight is 269 g/mol. The minimum atomic E-state index is 0.818. The summed E-state index contributed by atoms with van der Waals surface area (Å²) in [5.74, 6) is 0. The number of hydrogen-bond donors (Lipinski definition) is 1. The van der Waals surface area contributed by atoms with E-state index in [1.807, 2.05) is 18.2 Å². The van der Waals surface area contributed by atoms with E-state index in [4.69, 9.17) is 5.73 Å². The Morgan fingerprint density at radius 2 is 1.14 bits per heavy atom. The second-order valence-corrected chi connectivity index (χ2v) is 5.28. The van der Waals surface area contributed by atoms with Crippen LogP contribution in [0.2, 0.25) is 0 Å². The van der Waals surface area contributed by atoms with Crippen LogP contribution in [0, 0.1) is 0 Å². The summed E-state index contributed by atoms with van der Waals surface area (Å²) in [6.07, 6.45) is 0. The Morgan fingerprint density at radius 1 is 0.524 bits per heavy atom. The molecule has 4 rings (SSSR count). The summed E-state index contributed by atoms with van der Waals surface area (Å²) >= 11 is 0. The highest BCUT2D eigenvalue weighted by molar-refractivity contribution is 6.14. The molecule has 0 radical (unpaired) electrons. The lowest BCUT2D eigenvalue weighted by atomic mass is 9.93. The molecule has 0 saturated carbocycles. The Bertz CT molecular complexity index is 954. The minimum absolute atomic E-state index is 0.818. The van der Waals surface area contributed by atoms with Crippen LogP contribution in [-0.4, -0.2) is 0 Å². The molecule has 0 atom stereocenters. The number of para-hydroxylation sites is 1. The van der Waals surface area contributed by atoms with E-state index >= 15 is 0 Å². The van der Waals surface area contributed by atoms with E-state index in [1.165, 1.54) is 27.1 Å². The summed E-state index contributed by atoms with van der Waals surface area (Å²) in [4.78, 5) is 0. The highest BCUT2D eigenvalue weighted by Crippen LogP contribution is 2.36. The zero-order valence-corrected chi connectivity index (χ0v) is 11.6. The van der Waals surface area contributed by atoms with E-state index in [0.29, 0.717) is 0 Å². The largest absolute Gasteiger partial charge is 0.398 e. The zero-order chi connectivity index (χ0) is 14.2. The fourth-order valence-electron chi connectivity index (χ4n) is 3.02. The van der Waals surface area contributed by atoms with Gasteiger partial charge in [-0.25, -0.2) is 0 Å². The SMILES string of the molecule is Nc1ccccc1-c1cc2ccccc2c2ccccc12. The van der Waals surface area contributed by atoms with Gasteiger partial charge in [0.05, 0.1) is 0 Å². The number of rotatable bonds is 1. The van der Waals surface area contributed by atoms with Gasteiger partial charge in [-0.3, -0.25) is 0 Å². The maximum Gasteiger partial charge on any atom is 0.0393 e. The van der Waals surface area contributed by atoms with Crippen molar-refractivity contribution in [2.45, 2.75) is 0 Å². The van der Waals surface area contributed by atoms with Gasteiger partial charge in [0.25, 0.3) is 0 Å². The van der Waals surface area contributed by atoms with Gasteiger partial charge in [-0.05, 0) is 39.2 Å². The number of anilines is 1. The first-order valence-corrected chi connectivity index (χ1v) is 7.10. The first-order chi connectivity index (χ1) is 10.3. The Morgan fingerprint density at radius 3 is 1.95 bits per heavy atom. The van der Waals surface area contributed by atoms with Crippen LogP contribution in [0.3, 0.4) is 0 Å². The van der Waals surface area contributed by atoms with Gasteiger partial charge in [-0.15, -0.1) is 0 Å². The molecule has 0 aliphatic rings. The van der Waals surface area contributed by atoms with Gasteiger partial charge in [0.1, 0.15) is 0 Å². The molecular weight excluding hydrogens is 254 g/mol. The monoisotopic (exact) mass is 269 g/mol. The third-order valence-corrected chi connectivity index (χ3v) is 4.02. The molecule has 0 aliphatic carbocycles. The third-order valence-electron chi connectivity index (χ3n) is 4.02. The van der Waals surface area contributed by atoms with Crippen molar-refractivity contribution in [3.8, 4) is 11.1 Å². The van der Waals surface area contributed by atoms with E-state index in [-0.39, 0.29) is 0 Å². The summed E-state index contributed by atoms with van der Waals surface area (Å²) in [5.41, 5.74) is 9.30. The molecular formula is C20H15N. The Kier molecular flexibility index (Phi) is 2.65. The van der Waals surface area contributed by atoms with Crippen molar-refractivity contribution in [2.75, 3.05) is 5.73 Å². The molecule has 0 fully saturated rings. The van der Waals surface area contributed by atoms with E-state index in [2.05, 4.69) is 60.7 Å². The highest BCUT2D eigenvalue weighted by atomic mass is 14.6. The van der Waals surface area contributed by atoms with E-state index in [0.717, 1.165) is 11.3 Å². The van der Waals surface area contributed by atoms with Crippen LogP contribution < -0.4 is 5.73 Å². The van der Waals surface area contributed by atoms with Gasteiger partial charge >= 0.3 is 0 Å². The lowest BCUT2D eigenvalue weighted by Gasteiger charge is -2.12. The molecule has 0 bridgehead atoms. The topological polar surface area (TPSA) is 26.0 Å². The van der Waals surface area contributed by atoms with Gasteiger partial charge in [0.15, 0.2) is 0 Å². The van der Waals surface area contributed by atoms with Crippen molar-refractivity contribution in [1.29, 1.82) is 0 Å². The van der Waals surface area contributed by atoms with E-state index in [1.54, 1.807) is 0 Å². The molecule has 2 N–H and O–H groups in total. The Balaban J connectivity index is 2.20. The summed E-state index contributed by atoms with van der Waals surface area (Å²) in [5, 5.41) is 5.05. The smallest absolute Gasteiger partial charge is 0.0393 e. The molecule has 0 aliphatic heterocycles. The molecule has 0 aromatic heterocycles. The lowest BCUT2D eigenvalue weighted by Crippen LogP contribution is -1.91. The number of nitrogen functional groups attached to an aromatic ring is 1. The van der Waals surface area contributed by atoms with Gasteiger partial charge in [-0.1, -0.05) is 66.7 Å². The number of hydrogen-bond acceptors (Lipinski definition) is 1. The second-order valence-electron chi connectivity index (χ2n) is 5.28. The maximum absolute atomic E-state index is 6.19. The standard InChI is InChI=1S/C20H15N/c21-20-12-6-5-11-18(20)19-13-14-7-1-2-8-15(14)16-9-3-4-10-17(16)19/h1-13H,21H2. The first-order valence-electron chi connectivity index (χ1n) is 7.10. The van der Waals surface area contributed by atoms with Crippen molar-refractivity contribution in [2.24, 2.45) is 0 Å². The summed E-state index contributed by atoms with van der Waals surface area (Å²) in [6.45, 7) is 0. The number of nitrogens with two attached hydrogens (primary N) is 1. The van der Waals surface area contributed by atoms with E-state index < -0.39 is 0 Å². The molecule has 0 saturated heterocycles. The van der Waals surface area contributed by atoms with Crippen LogP contribution in [0.1, 0.15) is 0 Å². The molecule has 1 nitrogen and oxygen atoms in total. The van der Waals surface area contributed by atoms with Gasteiger partial charge in [0, 0.05) is 11.3 Å². The van der Waals surface area contributed by atoms with Crippen LogP contribution in [-0.2, 0) is 0 Å². The van der Waals surface area contributed by atoms with Gasteiger partial charge < -0.3 is 5.73 Å². The van der Waals surface area contributed by atoms with Crippen LogP contribution >= 0.6 is 0 Å². The van der Waals surface area contributed by atoms with Crippen molar-refractivity contribution in [3.05, 3.63) is 78.9 Å². The summed E-state index contributed by atoms with van der Waals surface area (Å²) in [6, 6.07) is 27.3.